The number of thioether (sulfide) groups is 1. The molecule has 0 aliphatic heterocycles. The Hall–Kier alpha value is -2.47. The van der Waals surface area contributed by atoms with E-state index in [1.165, 1.54) is 11.8 Å². The molecule has 4 nitrogen and oxygen atoms in total. The van der Waals surface area contributed by atoms with Crippen molar-refractivity contribution in [2.24, 2.45) is 0 Å². The van der Waals surface area contributed by atoms with Gasteiger partial charge >= 0.3 is 0 Å². The van der Waals surface area contributed by atoms with E-state index in [1.807, 2.05) is 74.5 Å². The first-order chi connectivity index (χ1) is 17.4. The topological polar surface area (TPSA) is 49.4 Å². The zero-order valence-electron chi connectivity index (χ0n) is 20.6. The Kier molecular flexibility index (Phi) is 11.2. The molecule has 0 spiro atoms. The Bertz CT molecular complexity index is 1110. The highest BCUT2D eigenvalue weighted by molar-refractivity contribution is 7.99. The van der Waals surface area contributed by atoms with Gasteiger partial charge in [-0.1, -0.05) is 96.9 Å². The molecule has 0 aromatic heterocycles. The van der Waals surface area contributed by atoms with Gasteiger partial charge in [-0.05, 0) is 36.6 Å². The lowest BCUT2D eigenvalue weighted by atomic mass is 10.0. The third kappa shape index (κ3) is 8.29. The number of nitrogens with zero attached hydrogens (tertiary/aromatic N) is 1. The van der Waals surface area contributed by atoms with Crippen LogP contribution in [0.5, 0.6) is 0 Å². The Morgan fingerprint density at radius 2 is 1.47 bits per heavy atom. The SMILES string of the molecule is CCC(C)NC(=O)C(Cc1ccccc1)N(Cc1c(Cl)cccc1Cl)C(=O)CSCc1ccccc1. The van der Waals surface area contributed by atoms with Crippen molar-refractivity contribution in [1.29, 1.82) is 0 Å². The summed E-state index contributed by atoms with van der Waals surface area (Å²) in [5, 5.41) is 4.02. The van der Waals surface area contributed by atoms with Gasteiger partial charge in [0, 0.05) is 40.4 Å². The van der Waals surface area contributed by atoms with Crippen LogP contribution in [-0.4, -0.2) is 34.6 Å². The summed E-state index contributed by atoms with van der Waals surface area (Å²) < 4.78 is 0. The second kappa shape index (κ2) is 14.3. The van der Waals surface area contributed by atoms with E-state index in [2.05, 4.69) is 5.32 Å². The third-order valence-electron chi connectivity index (χ3n) is 6.00. The van der Waals surface area contributed by atoms with Crippen LogP contribution in [0.3, 0.4) is 0 Å². The van der Waals surface area contributed by atoms with Gasteiger partial charge in [0.2, 0.25) is 11.8 Å². The van der Waals surface area contributed by atoms with Crippen LogP contribution in [0.4, 0.5) is 0 Å². The maximum atomic E-state index is 13.7. The largest absolute Gasteiger partial charge is 0.352 e. The summed E-state index contributed by atoms with van der Waals surface area (Å²) in [5.41, 5.74) is 2.75. The summed E-state index contributed by atoms with van der Waals surface area (Å²) in [6, 6.07) is 24.3. The Morgan fingerprint density at radius 1 is 0.889 bits per heavy atom. The smallest absolute Gasteiger partial charge is 0.243 e. The Balaban J connectivity index is 1.91. The van der Waals surface area contributed by atoms with Crippen LogP contribution in [0.1, 0.15) is 37.0 Å². The number of amides is 2. The fourth-order valence-corrected chi connectivity index (χ4v) is 5.15. The highest BCUT2D eigenvalue weighted by Crippen LogP contribution is 2.28. The highest BCUT2D eigenvalue weighted by Gasteiger charge is 2.31. The molecular formula is C29H32Cl2N2O2S. The van der Waals surface area contributed by atoms with Crippen molar-refractivity contribution in [3.63, 3.8) is 0 Å². The van der Waals surface area contributed by atoms with Gasteiger partial charge < -0.3 is 10.2 Å². The first-order valence-corrected chi connectivity index (χ1v) is 14.0. The lowest BCUT2D eigenvalue weighted by Crippen LogP contribution is -2.52. The van der Waals surface area contributed by atoms with Crippen LogP contribution < -0.4 is 5.32 Å². The molecule has 0 fully saturated rings. The Morgan fingerprint density at radius 3 is 2.06 bits per heavy atom. The molecule has 2 unspecified atom stereocenters. The van der Waals surface area contributed by atoms with E-state index >= 15 is 0 Å². The van der Waals surface area contributed by atoms with Gasteiger partial charge in [0.1, 0.15) is 6.04 Å². The maximum Gasteiger partial charge on any atom is 0.243 e. The average molecular weight is 544 g/mol. The van der Waals surface area contributed by atoms with Crippen LogP contribution in [0.25, 0.3) is 0 Å². The predicted molar refractivity (Wildman–Crippen MR) is 151 cm³/mol. The molecule has 0 heterocycles. The van der Waals surface area contributed by atoms with E-state index in [4.69, 9.17) is 23.2 Å². The summed E-state index contributed by atoms with van der Waals surface area (Å²) in [5.74, 6) is 0.624. The summed E-state index contributed by atoms with van der Waals surface area (Å²) in [6.45, 7) is 4.13. The lowest BCUT2D eigenvalue weighted by Gasteiger charge is -2.32. The molecule has 0 radical (unpaired) electrons. The molecule has 0 aliphatic carbocycles. The lowest BCUT2D eigenvalue weighted by molar-refractivity contribution is -0.139. The van der Waals surface area contributed by atoms with E-state index in [0.29, 0.717) is 27.8 Å². The average Bonchev–Trinajstić information content (AvgIpc) is 2.88. The molecule has 2 atom stereocenters. The van der Waals surface area contributed by atoms with Crippen LogP contribution in [0, 0.1) is 0 Å². The minimum absolute atomic E-state index is 0.0101. The van der Waals surface area contributed by atoms with Gasteiger partial charge in [0.25, 0.3) is 0 Å². The minimum atomic E-state index is -0.710. The first kappa shape index (κ1) is 28.1. The zero-order chi connectivity index (χ0) is 25.9. The molecule has 1 N–H and O–H groups in total. The first-order valence-electron chi connectivity index (χ1n) is 12.1. The van der Waals surface area contributed by atoms with Crippen LogP contribution in [-0.2, 0) is 28.3 Å². The molecule has 0 saturated carbocycles. The second-order valence-corrected chi connectivity index (χ2v) is 10.5. The van der Waals surface area contributed by atoms with Gasteiger partial charge in [-0.2, -0.15) is 0 Å². The van der Waals surface area contributed by atoms with Crippen molar-refractivity contribution < 1.29 is 9.59 Å². The number of carbonyl (C=O) groups excluding carboxylic acids is 2. The van der Waals surface area contributed by atoms with Crippen molar-refractivity contribution in [3.8, 4) is 0 Å². The van der Waals surface area contributed by atoms with Crippen molar-refractivity contribution in [3.05, 3.63) is 106 Å². The van der Waals surface area contributed by atoms with Gasteiger partial charge in [0.15, 0.2) is 0 Å². The van der Waals surface area contributed by atoms with Crippen molar-refractivity contribution in [2.75, 3.05) is 5.75 Å². The van der Waals surface area contributed by atoms with Crippen molar-refractivity contribution in [2.45, 2.75) is 51.1 Å². The van der Waals surface area contributed by atoms with E-state index in [-0.39, 0.29) is 30.2 Å². The normalized spacial score (nSPS) is 12.6. The maximum absolute atomic E-state index is 13.7. The number of benzene rings is 3. The van der Waals surface area contributed by atoms with E-state index in [9.17, 15) is 9.59 Å². The number of halogens is 2. The second-order valence-electron chi connectivity index (χ2n) is 8.72. The number of hydrogen-bond donors (Lipinski definition) is 1. The number of hydrogen-bond acceptors (Lipinski definition) is 3. The van der Waals surface area contributed by atoms with Crippen LogP contribution in [0.2, 0.25) is 10.0 Å². The quantitative estimate of drug-likeness (QED) is 0.274. The van der Waals surface area contributed by atoms with Gasteiger partial charge in [-0.25, -0.2) is 0 Å². The number of nitrogens with one attached hydrogen (secondary N) is 1. The van der Waals surface area contributed by atoms with Crippen molar-refractivity contribution in [1.82, 2.24) is 10.2 Å². The minimum Gasteiger partial charge on any atom is -0.352 e. The molecule has 7 heteroatoms. The third-order valence-corrected chi connectivity index (χ3v) is 7.70. The molecule has 36 heavy (non-hydrogen) atoms. The molecule has 0 saturated heterocycles. The Labute approximate surface area is 228 Å². The van der Waals surface area contributed by atoms with Gasteiger partial charge in [0.05, 0.1) is 5.75 Å². The van der Waals surface area contributed by atoms with E-state index in [1.54, 1.807) is 23.1 Å². The molecule has 3 rings (SSSR count). The summed E-state index contributed by atoms with van der Waals surface area (Å²) in [7, 11) is 0. The fourth-order valence-electron chi connectivity index (χ4n) is 3.76. The molecular weight excluding hydrogens is 511 g/mol. The number of carbonyl (C=O) groups is 2. The van der Waals surface area contributed by atoms with E-state index in [0.717, 1.165) is 17.5 Å². The molecule has 2 amide bonds. The monoisotopic (exact) mass is 542 g/mol. The molecule has 0 aliphatic rings. The standard InChI is InChI=1S/C29H32Cl2N2O2S/c1-3-21(2)32-29(35)27(17-22-11-6-4-7-12-22)33(18-24-25(30)15-10-16-26(24)31)28(34)20-36-19-23-13-8-5-9-14-23/h4-16,21,27H,3,17-20H2,1-2H3,(H,32,35). The summed E-state index contributed by atoms with van der Waals surface area (Å²) in [4.78, 5) is 28.9. The van der Waals surface area contributed by atoms with E-state index < -0.39 is 6.04 Å². The highest BCUT2D eigenvalue weighted by atomic mass is 35.5. The summed E-state index contributed by atoms with van der Waals surface area (Å²) >= 11 is 14.5. The molecule has 3 aromatic rings. The molecule has 0 bridgehead atoms. The fraction of sp³-hybridized carbons (Fsp3) is 0.310. The number of rotatable bonds is 12. The zero-order valence-corrected chi connectivity index (χ0v) is 23.0. The summed E-state index contributed by atoms with van der Waals surface area (Å²) in [6.07, 6.45) is 1.18. The van der Waals surface area contributed by atoms with Gasteiger partial charge in [-0.3, -0.25) is 9.59 Å². The van der Waals surface area contributed by atoms with Crippen molar-refractivity contribution >= 4 is 46.8 Å². The predicted octanol–water partition coefficient (Wildman–Crippen LogP) is 6.78. The van der Waals surface area contributed by atoms with Crippen LogP contribution >= 0.6 is 35.0 Å². The van der Waals surface area contributed by atoms with Gasteiger partial charge in [-0.15, -0.1) is 11.8 Å². The molecule has 3 aromatic carbocycles. The molecule has 190 valence electrons. The van der Waals surface area contributed by atoms with Crippen LogP contribution in [0.15, 0.2) is 78.9 Å².